The lowest BCUT2D eigenvalue weighted by Crippen LogP contribution is -2.18. The van der Waals surface area contributed by atoms with Crippen molar-refractivity contribution in [3.05, 3.63) is 30.1 Å². The molecule has 1 aromatic heterocycles. The molecule has 0 saturated carbocycles. The Balaban J connectivity index is 2.86. The van der Waals surface area contributed by atoms with Crippen molar-refractivity contribution in [3.63, 3.8) is 0 Å². The van der Waals surface area contributed by atoms with Crippen molar-refractivity contribution in [1.29, 1.82) is 0 Å². The van der Waals surface area contributed by atoms with Crippen LogP contribution in [0, 0.1) is 5.41 Å². The van der Waals surface area contributed by atoms with Gasteiger partial charge in [0.15, 0.2) is 0 Å². The van der Waals surface area contributed by atoms with Crippen molar-refractivity contribution in [3.8, 4) is 0 Å². The van der Waals surface area contributed by atoms with Gasteiger partial charge in [-0.15, -0.1) is 0 Å². The summed E-state index contributed by atoms with van der Waals surface area (Å²) in [6.45, 7) is 5.98. The third-order valence-corrected chi connectivity index (χ3v) is 1.79. The van der Waals surface area contributed by atoms with Crippen LogP contribution in [0.3, 0.4) is 0 Å². The Bertz CT molecular complexity index is 238. The van der Waals surface area contributed by atoms with Crippen LogP contribution in [0.2, 0.25) is 0 Å². The second kappa shape index (κ2) is 3.23. The molecule has 0 saturated heterocycles. The van der Waals surface area contributed by atoms with Crippen LogP contribution >= 0.6 is 0 Å². The summed E-state index contributed by atoms with van der Waals surface area (Å²) in [5.74, 6) is 0. The molecule has 0 radical (unpaired) electrons. The zero-order chi connectivity index (χ0) is 9.19. The Morgan fingerprint density at radius 3 is 2.42 bits per heavy atom. The number of rotatable bonds is 1. The number of aromatic nitrogens is 1. The van der Waals surface area contributed by atoms with Gasteiger partial charge in [0.25, 0.3) is 0 Å². The molecule has 0 unspecified atom stereocenters. The molecular weight excluding hydrogens is 150 g/mol. The van der Waals surface area contributed by atoms with Crippen LogP contribution in [0.5, 0.6) is 0 Å². The predicted octanol–water partition coefficient (Wildman–Crippen LogP) is 2.16. The highest BCUT2D eigenvalue weighted by Crippen LogP contribution is 2.30. The number of hydrogen-bond acceptors (Lipinski definition) is 2. The third-order valence-electron chi connectivity index (χ3n) is 1.79. The molecule has 66 valence electrons. The van der Waals surface area contributed by atoms with Gasteiger partial charge in [-0.2, -0.15) is 0 Å². The fraction of sp³-hybridized carbons (Fsp3) is 0.500. The average molecular weight is 165 g/mol. The van der Waals surface area contributed by atoms with Gasteiger partial charge >= 0.3 is 0 Å². The monoisotopic (exact) mass is 165 g/mol. The molecule has 2 heteroatoms. The van der Waals surface area contributed by atoms with E-state index in [2.05, 4.69) is 4.98 Å². The van der Waals surface area contributed by atoms with E-state index in [-0.39, 0.29) is 5.41 Å². The minimum Gasteiger partial charge on any atom is -0.386 e. The first-order valence-electron chi connectivity index (χ1n) is 4.11. The summed E-state index contributed by atoms with van der Waals surface area (Å²) in [6.07, 6.45) is 1.21. The largest absolute Gasteiger partial charge is 0.386 e. The lowest BCUT2D eigenvalue weighted by molar-refractivity contribution is 0.0589. The normalized spacial score (nSPS) is 14.3. The molecular formula is C10H15NO. The lowest BCUT2D eigenvalue weighted by Gasteiger charge is -2.24. The third kappa shape index (κ3) is 2.05. The van der Waals surface area contributed by atoms with Crippen molar-refractivity contribution < 1.29 is 5.11 Å². The molecule has 0 bridgehead atoms. The molecule has 1 N–H and O–H groups in total. The minimum atomic E-state index is -0.487. The SMILES string of the molecule is CC(C)(C)[C@@H](O)c1ccccn1. The smallest absolute Gasteiger partial charge is 0.101 e. The van der Waals surface area contributed by atoms with E-state index in [9.17, 15) is 5.11 Å². The van der Waals surface area contributed by atoms with Crippen molar-refractivity contribution in [2.75, 3.05) is 0 Å². The number of hydrogen-bond donors (Lipinski definition) is 1. The van der Waals surface area contributed by atoms with Crippen LogP contribution in [0.25, 0.3) is 0 Å². The van der Waals surface area contributed by atoms with E-state index in [4.69, 9.17) is 0 Å². The van der Waals surface area contributed by atoms with Crippen molar-refractivity contribution in [2.45, 2.75) is 26.9 Å². The maximum atomic E-state index is 9.79. The Hall–Kier alpha value is -0.890. The standard InChI is InChI=1S/C10H15NO/c1-10(2,3)9(12)8-6-4-5-7-11-8/h4-7,9,12H,1-3H3/t9-/m0/s1. The predicted molar refractivity (Wildman–Crippen MR) is 48.7 cm³/mol. The zero-order valence-corrected chi connectivity index (χ0v) is 7.78. The molecule has 0 spiro atoms. The molecule has 0 aliphatic rings. The fourth-order valence-corrected chi connectivity index (χ4v) is 0.981. The van der Waals surface area contributed by atoms with Gasteiger partial charge in [-0.1, -0.05) is 26.8 Å². The second-order valence-corrected chi connectivity index (χ2v) is 4.02. The highest BCUT2D eigenvalue weighted by molar-refractivity contribution is 5.08. The van der Waals surface area contributed by atoms with E-state index in [1.807, 2.05) is 39.0 Å². The number of pyridine rings is 1. The number of aliphatic hydroxyl groups excluding tert-OH is 1. The Labute approximate surface area is 73.3 Å². The summed E-state index contributed by atoms with van der Waals surface area (Å²) in [5, 5.41) is 9.79. The van der Waals surface area contributed by atoms with Crippen molar-refractivity contribution in [1.82, 2.24) is 4.98 Å². The van der Waals surface area contributed by atoms with Crippen LogP contribution in [0.15, 0.2) is 24.4 Å². The van der Waals surface area contributed by atoms with E-state index in [0.29, 0.717) is 0 Å². The molecule has 1 atom stereocenters. The number of nitrogens with zero attached hydrogens (tertiary/aromatic N) is 1. The van der Waals surface area contributed by atoms with E-state index < -0.39 is 6.10 Å². The van der Waals surface area contributed by atoms with Gasteiger partial charge < -0.3 is 5.11 Å². The van der Waals surface area contributed by atoms with Gasteiger partial charge in [-0.05, 0) is 17.5 Å². The molecule has 0 fully saturated rings. The first-order valence-corrected chi connectivity index (χ1v) is 4.11. The minimum absolute atomic E-state index is 0.144. The van der Waals surface area contributed by atoms with Gasteiger partial charge in [-0.25, -0.2) is 0 Å². The summed E-state index contributed by atoms with van der Waals surface area (Å²) in [7, 11) is 0. The zero-order valence-electron chi connectivity index (χ0n) is 7.78. The first kappa shape index (κ1) is 9.20. The summed E-state index contributed by atoms with van der Waals surface area (Å²) in [4.78, 5) is 4.10. The molecule has 0 aliphatic heterocycles. The second-order valence-electron chi connectivity index (χ2n) is 4.02. The molecule has 0 amide bonds. The summed E-state index contributed by atoms with van der Waals surface area (Å²) in [5.41, 5.74) is 0.596. The van der Waals surface area contributed by atoms with E-state index in [0.717, 1.165) is 5.69 Å². The quantitative estimate of drug-likeness (QED) is 0.691. The summed E-state index contributed by atoms with van der Waals surface area (Å²) in [6, 6.07) is 5.58. The highest BCUT2D eigenvalue weighted by Gasteiger charge is 2.24. The van der Waals surface area contributed by atoms with Crippen LogP contribution in [0.4, 0.5) is 0 Å². The van der Waals surface area contributed by atoms with Crippen molar-refractivity contribution >= 4 is 0 Å². The maximum absolute atomic E-state index is 9.79. The molecule has 0 aliphatic carbocycles. The van der Waals surface area contributed by atoms with Gasteiger partial charge in [0, 0.05) is 6.20 Å². The molecule has 1 aromatic rings. The topological polar surface area (TPSA) is 33.1 Å². The summed E-state index contributed by atoms with van der Waals surface area (Å²) >= 11 is 0. The lowest BCUT2D eigenvalue weighted by atomic mass is 9.87. The Morgan fingerprint density at radius 2 is 2.00 bits per heavy atom. The molecule has 2 nitrogen and oxygen atoms in total. The molecule has 12 heavy (non-hydrogen) atoms. The van der Waals surface area contributed by atoms with Gasteiger partial charge in [0.1, 0.15) is 6.10 Å². The van der Waals surface area contributed by atoms with Gasteiger partial charge in [-0.3, -0.25) is 4.98 Å². The fourth-order valence-electron chi connectivity index (χ4n) is 0.981. The number of aliphatic hydroxyl groups is 1. The van der Waals surface area contributed by atoms with Gasteiger partial charge in [0.2, 0.25) is 0 Å². The first-order chi connectivity index (χ1) is 5.52. The van der Waals surface area contributed by atoms with Crippen LogP contribution < -0.4 is 0 Å². The van der Waals surface area contributed by atoms with Gasteiger partial charge in [0.05, 0.1) is 5.69 Å². The van der Waals surface area contributed by atoms with Crippen LogP contribution in [0.1, 0.15) is 32.6 Å². The molecule has 1 rings (SSSR count). The summed E-state index contributed by atoms with van der Waals surface area (Å²) < 4.78 is 0. The van der Waals surface area contributed by atoms with E-state index >= 15 is 0 Å². The Kier molecular flexibility index (Phi) is 2.48. The van der Waals surface area contributed by atoms with Crippen LogP contribution in [-0.2, 0) is 0 Å². The van der Waals surface area contributed by atoms with E-state index in [1.165, 1.54) is 0 Å². The van der Waals surface area contributed by atoms with Crippen molar-refractivity contribution in [2.24, 2.45) is 5.41 Å². The molecule has 0 aromatic carbocycles. The Morgan fingerprint density at radius 1 is 1.33 bits per heavy atom. The van der Waals surface area contributed by atoms with E-state index in [1.54, 1.807) is 6.20 Å². The average Bonchev–Trinajstić information content (AvgIpc) is 2.03. The van der Waals surface area contributed by atoms with Crippen LogP contribution in [-0.4, -0.2) is 10.1 Å². The highest BCUT2D eigenvalue weighted by atomic mass is 16.3. The molecule has 1 heterocycles. The maximum Gasteiger partial charge on any atom is 0.101 e.